The summed E-state index contributed by atoms with van der Waals surface area (Å²) in [5.74, 6) is 1.73. The Bertz CT molecular complexity index is 868. The van der Waals surface area contributed by atoms with E-state index in [4.69, 9.17) is 17.1 Å². The number of benzene rings is 2. The van der Waals surface area contributed by atoms with E-state index in [9.17, 15) is 9.90 Å². The van der Waals surface area contributed by atoms with Gasteiger partial charge in [-0.25, -0.2) is 0 Å². The third kappa shape index (κ3) is 11.7. The van der Waals surface area contributed by atoms with Gasteiger partial charge in [0, 0.05) is 5.56 Å². The van der Waals surface area contributed by atoms with E-state index < -0.39 is 20.9 Å². The average molecular weight is 473 g/mol. The van der Waals surface area contributed by atoms with Gasteiger partial charge in [-0.05, 0) is 84.2 Å². The van der Waals surface area contributed by atoms with Crippen molar-refractivity contribution in [3.05, 3.63) is 58.7 Å². The second kappa shape index (κ2) is 14.7. The molecule has 0 aromatic heterocycles. The Balaban J connectivity index is 0.000000516. The Morgan fingerprint density at radius 2 is 1.26 bits per heavy atom. The van der Waals surface area contributed by atoms with E-state index in [1.54, 1.807) is 19.9 Å². The molecule has 0 saturated heterocycles. The summed E-state index contributed by atoms with van der Waals surface area (Å²) in [6.07, 6.45) is -0.140. The summed E-state index contributed by atoms with van der Waals surface area (Å²) in [5, 5.41) is 9.42. The van der Waals surface area contributed by atoms with E-state index in [0.717, 1.165) is 28.2 Å². The molecule has 173 valence electrons. The summed E-state index contributed by atoms with van der Waals surface area (Å²) in [5.41, 5.74) is 3.75. The van der Waals surface area contributed by atoms with E-state index in [-0.39, 0.29) is 18.0 Å². The van der Waals surface area contributed by atoms with Crippen LogP contribution in [0.4, 0.5) is 0 Å². The number of carbonyl (C=O) groups excluding carboxylic acids is 1. The molecule has 0 aliphatic carbocycles. The third-order valence-electron chi connectivity index (χ3n) is 4.01. The zero-order valence-corrected chi connectivity index (χ0v) is 20.7. The van der Waals surface area contributed by atoms with Gasteiger partial charge < -0.3 is 14.6 Å². The molecule has 1 unspecified atom stereocenters. The van der Waals surface area contributed by atoms with E-state index in [0.29, 0.717) is 5.56 Å². The van der Waals surface area contributed by atoms with Crippen LogP contribution >= 0.6 is 0 Å². The molecule has 2 rings (SSSR count). The molecule has 2 aromatic carbocycles. The topological polar surface area (TPSA) is 89.9 Å². The monoisotopic (exact) mass is 473 g/mol. The number of ketones is 1. The second-order valence-corrected chi connectivity index (χ2v) is 7.83. The van der Waals surface area contributed by atoms with Crippen molar-refractivity contribution in [1.29, 1.82) is 0 Å². The maximum absolute atomic E-state index is 11.1. The van der Waals surface area contributed by atoms with Crippen LogP contribution in [0.15, 0.2) is 36.4 Å². The predicted molar refractivity (Wildman–Crippen MR) is 116 cm³/mol. The van der Waals surface area contributed by atoms with Crippen LogP contribution in [0.1, 0.15) is 74.7 Å². The number of hydrogen-bond donors (Lipinski definition) is 1. The molecule has 7 heteroatoms. The van der Waals surface area contributed by atoms with Gasteiger partial charge in [0.05, 0.1) is 18.3 Å². The average Bonchev–Trinajstić information content (AvgIpc) is 2.65. The molecule has 0 radical (unpaired) electrons. The zero-order chi connectivity index (χ0) is 24.1. The summed E-state index contributed by atoms with van der Waals surface area (Å²) < 4.78 is 28.0. The zero-order valence-electron chi connectivity index (χ0n) is 19.6. The number of Topliss-reactive ketones (excluding diaryl/α,β-unsaturated/α-hetero) is 1. The predicted octanol–water partition coefficient (Wildman–Crippen LogP) is 5.58. The molecule has 0 aliphatic rings. The summed E-state index contributed by atoms with van der Waals surface area (Å²) in [7, 11) is 0. The van der Waals surface area contributed by atoms with Gasteiger partial charge in [-0.15, -0.1) is 0 Å². The molecule has 31 heavy (non-hydrogen) atoms. The molecular formula is C24H34MnO6. The van der Waals surface area contributed by atoms with E-state index in [2.05, 4.69) is 0 Å². The van der Waals surface area contributed by atoms with Gasteiger partial charge in [-0.3, -0.25) is 4.79 Å². The van der Waals surface area contributed by atoms with Crippen molar-refractivity contribution in [3.63, 3.8) is 0 Å². The number of aryl methyl sites for hydroxylation is 2. The Kier molecular flexibility index (Phi) is 13.7. The Morgan fingerprint density at radius 1 is 0.839 bits per heavy atom. The molecule has 0 heterocycles. The van der Waals surface area contributed by atoms with Gasteiger partial charge in [0.1, 0.15) is 11.5 Å². The molecular weight excluding hydrogens is 439 g/mol. The van der Waals surface area contributed by atoms with Gasteiger partial charge in [0.25, 0.3) is 0 Å². The van der Waals surface area contributed by atoms with Crippen molar-refractivity contribution in [2.24, 2.45) is 0 Å². The molecule has 1 N–H and O–H groups in total. The van der Waals surface area contributed by atoms with Crippen LogP contribution < -0.4 is 9.47 Å². The van der Waals surface area contributed by atoms with E-state index in [1.807, 2.05) is 71.9 Å². The first-order valence-electron chi connectivity index (χ1n) is 10.1. The van der Waals surface area contributed by atoms with Crippen molar-refractivity contribution in [2.45, 2.75) is 73.7 Å². The molecule has 0 spiro atoms. The molecule has 1 atom stereocenters. The number of ether oxygens (including phenoxy) is 2. The number of rotatable bonds is 6. The fraction of sp³-hybridized carbons (Fsp3) is 0.458. The van der Waals surface area contributed by atoms with Crippen LogP contribution in [0.25, 0.3) is 0 Å². The van der Waals surface area contributed by atoms with Crippen molar-refractivity contribution in [1.82, 2.24) is 0 Å². The number of aliphatic hydroxyl groups is 1. The quantitative estimate of drug-likeness (QED) is 0.435. The minimum absolute atomic E-state index is 0.0682. The van der Waals surface area contributed by atoms with Gasteiger partial charge in [-0.1, -0.05) is 24.3 Å². The second-order valence-electron chi connectivity index (χ2n) is 7.63. The van der Waals surface area contributed by atoms with Crippen molar-refractivity contribution in [3.8, 4) is 11.5 Å². The van der Waals surface area contributed by atoms with Crippen LogP contribution in [-0.4, -0.2) is 23.1 Å². The maximum atomic E-state index is 11.1. The summed E-state index contributed by atoms with van der Waals surface area (Å²) in [6.45, 7) is 15.2. The van der Waals surface area contributed by atoms with Gasteiger partial charge in [-0.2, -0.15) is 0 Å². The molecule has 0 bridgehead atoms. The van der Waals surface area contributed by atoms with Crippen molar-refractivity contribution < 1.29 is 41.9 Å². The molecule has 2 aromatic rings. The van der Waals surface area contributed by atoms with Gasteiger partial charge in [0.15, 0.2) is 5.78 Å². The Labute approximate surface area is 191 Å². The van der Waals surface area contributed by atoms with Gasteiger partial charge >= 0.3 is 22.5 Å². The SMILES string of the molecule is CC(=O)c1ccc(C)c(OC(C)C)c1.Cc1ccc(C(C)O)cc1OC(C)C.[O]=[Mn]=[O]. The van der Waals surface area contributed by atoms with Gasteiger partial charge in [0.2, 0.25) is 0 Å². The number of hydrogen-bond acceptors (Lipinski definition) is 6. The third-order valence-corrected chi connectivity index (χ3v) is 4.01. The molecule has 0 amide bonds. The van der Waals surface area contributed by atoms with Crippen LogP contribution in [0.5, 0.6) is 11.5 Å². The first-order valence-corrected chi connectivity index (χ1v) is 11.0. The standard InChI is InChI=1S/C12H18O2.C12H16O2.Mn.2O/c2*1-8(2)14-12-7-11(10(4)13)6-5-9(12)3;;;/h5-8,10,13H,1-4H3;5-8H,1-4H3;;;. The van der Waals surface area contributed by atoms with Crippen LogP contribution in [-0.2, 0) is 22.5 Å². The number of carbonyl (C=O) groups is 1. The van der Waals surface area contributed by atoms with Crippen molar-refractivity contribution >= 4 is 5.78 Å². The molecule has 0 fully saturated rings. The summed E-state index contributed by atoms with van der Waals surface area (Å²) in [4.78, 5) is 11.1. The van der Waals surface area contributed by atoms with Crippen LogP contribution in [0.3, 0.4) is 0 Å². The molecule has 6 nitrogen and oxygen atoms in total. The fourth-order valence-electron chi connectivity index (χ4n) is 2.46. The molecule has 0 saturated carbocycles. The minimum atomic E-state index is -1.44. The van der Waals surface area contributed by atoms with Crippen LogP contribution in [0.2, 0.25) is 0 Å². The van der Waals surface area contributed by atoms with Crippen molar-refractivity contribution in [2.75, 3.05) is 0 Å². The fourth-order valence-corrected chi connectivity index (χ4v) is 2.46. The first kappa shape index (κ1) is 28.8. The Hall–Kier alpha value is -2.21. The summed E-state index contributed by atoms with van der Waals surface area (Å²) >= 11 is -1.44. The first-order chi connectivity index (χ1) is 14.4. The molecule has 0 aliphatic heterocycles. The number of aliphatic hydroxyl groups excluding tert-OH is 1. The van der Waals surface area contributed by atoms with E-state index in [1.165, 1.54) is 0 Å². The normalized spacial score (nSPS) is 10.9. The van der Waals surface area contributed by atoms with Crippen LogP contribution in [0, 0.1) is 13.8 Å². The summed E-state index contributed by atoms with van der Waals surface area (Å²) in [6, 6.07) is 11.3. The Morgan fingerprint density at radius 3 is 1.65 bits per heavy atom. The van der Waals surface area contributed by atoms with E-state index >= 15 is 0 Å².